The number of nitrogens with zero attached hydrogens (tertiary/aromatic N) is 2. The van der Waals surface area contributed by atoms with Crippen molar-refractivity contribution in [3.63, 3.8) is 0 Å². The number of carbonyl (C=O) groups is 1. The normalized spacial score (nSPS) is 14.5. The summed E-state index contributed by atoms with van der Waals surface area (Å²) in [6, 6.07) is 29.8. The van der Waals surface area contributed by atoms with E-state index in [-0.39, 0.29) is 18.8 Å². The minimum atomic E-state index is -0.764. The molecule has 48 heavy (non-hydrogen) atoms. The van der Waals surface area contributed by atoms with E-state index in [9.17, 15) is 9.59 Å². The summed E-state index contributed by atoms with van der Waals surface area (Å²) < 4.78 is 19.5. The lowest BCUT2D eigenvalue weighted by molar-refractivity contribution is -0.138. The van der Waals surface area contributed by atoms with Crippen LogP contribution < -0.4 is 24.4 Å². The van der Waals surface area contributed by atoms with Crippen LogP contribution in [0, 0.1) is 0 Å². The SMILES string of the molecule is CCOC(=O)C1=C(c2ccccc2)N=c2s/c(=C\c3cccc(OC)c3OCc3ccccc3Cl)c(=O)n2[C@@H]1c1ccc(C(C)C)cc1. The monoisotopic (exact) mass is 678 g/mol. The van der Waals surface area contributed by atoms with Gasteiger partial charge in [0.1, 0.15) is 6.61 Å². The highest BCUT2D eigenvalue weighted by molar-refractivity contribution is 7.07. The molecule has 0 radical (unpaired) electrons. The van der Waals surface area contributed by atoms with Crippen molar-refractivity contribution in [2.75, 3.05) is 13.7 Å². The Hall–Kier alpha value is -4.92. The second kappa shape index (κ2) is 14.5. The molecule has 1 aliphatic heterocycles. The Balaban J connectivity index is 1.56. The molecule has 0 amide bonds. The quantitative estimate of drug-likeness (QED) is 0.145. The number of benzene rings is 4. The molecule has 4 aromatic carbocycles. The van der Waals surface area contributed by atoms with Crippen LogP contribution in [0.2, 0.25) is 5.02 Å². The van der Waals surface area contributed by atoms with E-state index < -0.39 is 12.0 Å². The van der Waals surface area contributed by atoms with Crippen molar-refractivity contribution in [1.82, 2.24) is 4.57 Å². The van der Waals surface area contributed by atoms with Gasteiger partial charge in [0, 0.05) is 21.7 Å². The number of esters is 1. The second-order valence-corrected chi connectivity index (χ2v) is 12.9. The third kappa shape index (κ3) is 6.59. The molecule has 0 unspecified atom stereocenters. The summed E-state index contributed by atoms with van der Waals surface area (Å²) in [5.74, 6) is 0.792. The van der Waals surface area contributed by atoms with E-state index in [1.165, 1.54) is 11.3 Å². The van der Waals surface area contributed by atoms with Gasteiger partial charge in [0.25, 0.3) is 5.56 Å². The van der Waals surface area contributed by atoms with E-state index in [4.69, 9.17) is 30.8 Å². The largest absolute Gasteiger partial charge is 0.493 e. The number of hydrogen-bond donors (Lipinski definition) is 0. The molecule has 0 bridgehead atoms. The molecule has 5 aromatic rings. The minimum Gasteiger partial charge on any atom is -0.493 e. The van der Waals surface area contributed by atoms with E-state index in [1.54, 1.807) is 30.7 Å². The molecule has 244 valence electrons. The Morgan fingerprint density at radius 2 is 1.71 bits per heavy atom. The van der Waals surface area contributed by atoms with Crippen LogP contribution in [-0.2, 0) is 16.1 Å². The Labute approximate surface area is 288 Å². The molecule has 2 heterocycles. The molecule has 1 atom stereocenters. The Morgan fingerprint density at radius 3 is 2.40 bits per heavy atom. The number of para-hydroxylation sites is 1. The van der Waals surface area contributed by atoms with Gasteiger partial charge in [-0.25, -0.2) is 9.79 Å². The molecule has 0 saturated carbocycles. The maximum atomic E-state index is 14.5. The number of carbonyl (C=O) groups excluding carboxylic acids is 1. The van der Waals surface area contributed by atoms with Crippen molar-refractivity contribution in [1.29, 1.82) is 0 Å². The van der Waals surface area contributed by atoms with Crippen LogP contribution in [0.1, 0.15) is 60.5 Å². The number of thiazole rings is 1. The number of hydrogen-bond acceptors (Lipinski definition) is 7. The van der Waals surface area contributed by atoms with Gasteiger partial charge in [0.15, 0.2) is 16.3 Å². The highest BCUT2D eigenvalue weighted by Gasteiger charge is 2.35. The molecule has 0 fully saturated rings. The summed E-state index contributed by atoms with van der Waals surface area (Å²) in [6.07, 6.45) is 1.78. The summed E-state index contributed by atoms with van der Waals surface area (Å²) in [4.78, 5) is 33.7. The fraction of sp³-hybridized carbons (Fsp3) is 0.205. The predicted molar refractivity (Wildman–Crippen MR) is 190 cm³/mol. The zero-order chi connectivity index (χ0) is 33.8. The van der Waals surface area contributed by atoms with E-state index in [0.29, 0.717) is 48.6 Å². The molecular formula is C39H35ClN2O5S. The number of halogens is 1. The van der Waals surface area contributed by atoms with Gasteiger partial charge < -0.3 is 14.2 Å². The smallest absolute Gasteiger partial charge is 0.338 e. The molecule has 0 saturated heterocycles. The van der Waals surface area contributed by atoms with E-state index >= 15 is 0 Å². The van der Waals surface area contributed by atoms with Crippen molar-refractivity contribution in [3.8, 4) is 11.5 Å². The molecule has 9 heteroatoms. The van der Waals surface area contributed by atoms with Gasteiger partial charge in [-0.05, 0) is 42.2 Å². The predicted octanol–water partition coefficient (Wildman–Crippen LogP) is 7.30. The molecule has 0 N–H and O–H groups in total. The van der Waals surface area contributed by atoms with E-state index in [1.807, 2.05) is 91.0 Å². The summed E-state index contributed by atoms with van der Waals surface area (Å²) >= 11 is 7.65. The minimum absolute atomic E-state index is 0.181. The Kier molecular flexibility index (Phi) is 9.94. The number of rotatable bonds is 10. The van der Waals surface area contributed by atoms with Crippen LogP contribution in [0.15, 0.2) is 112 Å². The second-order valence-electron chi connectivity index (χ2n) is 11.5. The molecular weight excluding hydrogens is 644 g/mol. The van der Waals surface area contributed by atoms with Crippen LogP contribution in [-0.4, -0.2) is 24.3 Å². The van der Waals surface area contributed by atoms with Crippen molar-refractivity contribution >= 4 is 40.7 Å². The van der Waals surface area contributed by atoms with Crippen LogP contribution in [0.25, 0.3) is 11.8 Å². The fourth-order valence-corrected chi connectivity index (χ4v) is 6.87. The molecule has 1 aromatic heterocycles. The maximum Gasteiger partial charge on any atom is 0.338 e. The summed E-state index contributed by atoms with van der Waals surface area (Å²) in [5.41, 5.74) is 4.66. The van der Waals surface area contributed by atoms with Gasteiger partial charge in [-0.1, -0.05) is 122 Å². The third-order valence-electron chi connectivity index (χ3n) is 8.14. The molecule has 6 rings (SSSR count). The first-order valence-corrected chi connectivity index (χ1v) is 16.9. The van der Waals surface area contributed by atoms with Gasteiger partial charge in [-0.2, -0.15) is 0 Å². The van der Waals surface area contributed by atoms with Gasteiger partial charge in [-0.3, -0.25) is 9.36 Å². The third-order valence-corrected chi connectivity index (χ3v) is 9.49. The topological polar surface area (TPSA) is 79.1 Å². The number of aromatic nitrogens is 1. The first-order valence-electron chi connectivity index (χ1n) is 15.7. The number of ether oxygens (including phenoxy) is 3. The summed E-state index contributed by atoms with van der Waals surface area (Å²) in [6.45, 7) is 6.40. The first kappa shape index (κ1) is 33.0. The van der Waals surface area contributed by atoms with Crippen molar-refractivity contribution < 1.29 is 19.0 Å². The van der Waals surface area contributed by atoms with Crippen LogP contribution in [0.5, 0.6) is 11.5 Å². The maximum absolute atomic E-state index is 14.5. The fourth-order valence-electron chi connectivity index (χ4n) is 5.69. The van der Waals surface area contributed by atoms with Gasteiger partial charge in [-0.15, -0.1) is 0 Å². The highest BCUT2D eigenvalue weighted by atomic mass is 35.5. The highest BCUT2D eigenvalue weighted by Crippen LogP contribution is 2.36. The van der Waals surface area contributed by atoms with Gasteiger partial charge >= 0.3 is 5.97 Å². The average Bonchev–Trinajstić information content (AvgIpc) is 3.41. The van der Waals surface area contributed by atoms with Crippen LogP contribution in [0.4, 0.5) is 0 Å². The number of methoxy groups -OCH3 is 1. The van der Waals surface area contributed by atoms with Crippen molar-refractivity contribution in [3.05, 3.63) is 155 Å². The molecule has 1 aliphatic rings. The van der Waals surface area contributed by atoms with Crippen LogP contribution in [0.3, 0.4) is 0 Å². The van der Waals surface area contributed by atoms with Gasteiger partial charge in [0.2, 0.25) is 0 Å². The molecule has 0 aliphatic carbocycles. The zero-order valence-electron chi connectivity index (χ0n) is 27.1. The average molecular weight is 679 g/mol. The molecule has 0 spiro atoms. The standard InChI is InChI=1S/C39H35ClN2O5S/c1-5-46-38(44)33-34(26-12-7-6-8-13-26)41-39-42(35(33)27-20-18-25(19-21-27)24(2)3)37(43)32(48-39)22-28-15-11-17-31(45-4)36(28)47-23-29-14-9-10-16-30(29)40/h6-22,24,35H,5,23H2,1-4H3/b32-22-/t35-/m1/s1. The van der Waals surface area contributed by atoms with Gasteiger partial charge in [0.05, 0.1) is 35.6 Å². The zero-order valence-corrected chi connectivity index (χ0v) is 28.7. The van der Waals surface area contributed by atoms with Crippen molar-refractivity contribution in [2.45, 2.75) is 39.3 Å². The summed E-state index contributed by atoms with van der Waals surface area (Å²) in [7, 11) is 1.57. The molecule has 7 nitrogen and oxygen atoms in total. The van der Waals surface area contributed by atoms with Crippen molar-refractivity contribution in [2.24, 2.45) is 4.99 Å². The Morgan fingerprint density at radius 1 is 0.979 bits per heavy atom. The summed E-state index contributed by atoms with van der Waals surface area (Å²) in [5, 5.41) is 0.593. The number of fused-ring (bicyclic) bond motifs is 1. The lowest BCUT2D eigenvalue weighted by atomic mass is 9.91. The van der Waals surface area contributed by atoms with E-state index in [0.717, 1.165) is 22.3 Å². The lowest BCUT2D eigenvalue weighted by Gasteiger charge is -2.26. The first-order chi connectivity index (χ1) is 23.3. The Bertz CT molecular complexity index is 2170. The van der Waals surface area contributed by atoms with Crippen LogP contribution >= 0.6 is 22.9 Å². The van der Waals surface area contributed by atoms with E-state index in [2.05, 4.69) is 13.8 Å². The lowest BCUT2D eigenvalue weighted by Crippen LogP contribution is -2.40.